The fourth-order valence-electron chi connectivity index (χ4n) is 2.10. The van der Waals surface area contributed by atoms with Crippen LogP contribution in [0.2, 0.25) is 5.02 Å². The van der Waals surface area contributed by atoms with Gasteiger partial charge >= 0.3 is 0 Å². The molecule has 0 saturated heterocycles. The van der Waals surface area contributed by atoms with Crippen molar-refractivity contribution in [3.05, 3.63) is 34.9 Å². The number of benzene rings is 1. The highest BCUT2D eigenvalue weighted by Gasteiger charge is 2.17. The van der Waals surface area contributed by atoms with Crippen molar-refractivity contribution in [3.63, 3.8) is 0 Å². The molecule has 1 rings (SSSR count). The van der Waals surface area contributed by atoms with Gasteiger partial charge < -0.3 is 0 Å². The first-order chi connectivity index (χ1) is 7.72. The molecule has 0 aliphatic rings. The molecule has 90 valence electrons. The molecule has 0 radical (unpaired) electrons. The van der Waals surface area contributed by atoms with Gasteiger partial charge in [-0.25, -0.2) is 0 Å². The van der Waals surface area contributed by atoms with Crippen molar-refractivity contribution in [1.29, 1.82) is 0 Å². The zero-order valence-electron chi connectivity index (χ0n) is 10.0. The Hall–Kier alpha value is -0.200. The Bertz CT molecular complexity index is 305. The van der Waals surface area contributed by atoms with Gasteiger partial charge in [0, 0.05) is 10.9 Å². The maximum Gasteiger partial charge on any atom is 0.0441 e. The van der Waals surface area contributed by atoms with Gasteiger partial charge in [0.1, 0.15) is 0 Å². The largest absolute Gasteiger partial charge is 0.126 e. The van der Waals surface area contributed by atoms with Gasteiger partial charge in [-0.1, -0.05) is 56.5 Å². The van der Waals surface area contributed by atoms with Crippen molar-refractivity contribution in [1.82, 2.24) is 0 Å². The summed E-state index contributed by atoms with van der Waals surface area (Å²) >= 11 is 12.3. The van der Waals surface area contributed by atoms with Crippen molar-refractivity contribution in [2.45, 2.75) is 39.0 Å². The molecule has 0 nitrogen and oxygen atoms in total. The van der Waals surface area contributed by atoms with E-state index in [2.05, 4.69) is 19.9 Å². The highest BCUT2D eigenvalue weighted by Crippen LogP contribution is 2.32. The van der Waals surface area contributed by atoms with Crippen LogP contribution >= 0.6 is 23.2 Å². The molecule has 1 aromatic rings. The average molecular weight is 259 g/mol. The summed E-state index contributed by atoms with van der Waals surface area (Å²) in [5, 5.41) is 0.846. The molecular weight excluding hydrogens is 239 g/mol. The number of halogens is 2. The molecule has 16 heavy (non-hydrogen) atoms. The summed E-state index contributed by atoms with van der Waals surface area (Å²) in [4.78, 5) is 0. The third-order valence-corrected chi connectivity index (χ3v) is 4.02. The van der Waals surface area contributed by atoms with E-state index in [1.165, 1.54) is 18.4 Å². The quantitative estimate of drug-likeness (QED) is 0.592. The van der Waals surface area contributed by atoms with Gasteiger partial charge in [0.25, 0.3) is 0 Å². The Morgan fingerprint density at radius 2 is 1.75 bits per heavy atom. The van der Waals surface area contributed by atoms with Crippen molar-refractivity contribution in [3.8, 4) is 0 Å². The summed E-state index contributed by atoms with van der Waals surface area (Å²) < 4.78 is 0. The van der Waals surface area contributed by atoms with E-state index in [9.17, 15) is 0 Å². The predicted octanol–water partition coefficient (Wildman–Crippen LogP) is 5.49. The summed E-state index contributed by atoms with van der Waals surface area (Å²) in [6.07, 6.45) is 3.57. The monoisotopic (exact) mass is 258 g/mol. The first kappa shape index (κ1) is 13.9. The SMILES string of the molecule is CCC(CC)CC(CCl)c1ccccc1Cl. The van der Waals surface area contributed by atoms with Crippen LogP contribution in [-0.2, 0) is 0 Å². The van der Waals surface area contributed by atoms with Crippen LogP contribution < -0.4 is 0 Å². The van der Waals surface area contributed by atoms with E-state index in [0.717, 1.165) is 17.4 Å². The summed E-state index contributed by atoms with van der Waals surface area (Å²) in [7, 11) is 0. The van der Waals surface area contributed by atoms with Gasteiger partial charge in [0.05, 0.1) is 0 Å². The second-order valence-corrected chi connectivity index (χ2v) is 5.01. The second-order valence-electron chi connectivity index (χ2n) is 4.29. The highest BCUT2D eigenvalue weighted by molar-refractivity contribution is 6.31. The van der Waals surface area contributed by atoms with Gasteiger partial charge in [-0.2, -0.15) is 0 Å². The Morgan fingerprint density at radius 1 is 1.12 bits per heavy atom. The fraction of sp³-hybridized carbons (Fsp3) is 0.571. The van der Waals surface area contributed by atoms with Crippen LogP contribution in [0.15, 0.2) is 24.3 Å². The molecule has 1 aromatic carbocycles. The Kier molecular flexibility index (Phi) is 6.23. The zero-order chi connectivity index (χ0) is 12.0. The molecular formula is C14H20Cl2. The maximum absolute atomic E-state index is 6.21. The van der Waals surface area contributed by atoms with Crippen LogP contribution in [0.25, 0.3) is 0 Å². The van der Waals surface area contributed by atoms with Gasteiger partial charge in [-0.15, -0.1) is 11.6 Å². The standard InChI is InChI=1S/C14H20Cl2/c1-3-11(4-2)9-12(10-15)13-7-5-6-8-14(13)16/h5-8,11-12H,3-4,9-10H2,1-2H3. The number of rotatable bonds is 6. The van der Waals surface area contributed by atoms with E-state index >= 15 is 0 Å². The van der Waals surface area contributed by atoms with E-state index in [4.69, 9.17) is 23.2 Å². The molecule has 2 heteroatoms. The van der Waals surface area contributed by atoms with Crippen molar-refractivity contribution < 1.29 is 0 Å². The van der Waals surface area contributed by atoms with Gasteiger partial charge in [-0.3, -0.25) is 0 Å². The summed E-state index contributed by atoms with van der Waals surface area (Å²) in [5.74, 6) is 1.79. The lowest BCUT2D eigenvalue weighted by molar-refractivity contribution is 0.424. The van der Waals surface area contributed by atoms with E-state index < -0.39 is 0 Å². The van der Waals surface area contributed by atoms with Crippen molar-refractivity contribution in [2.24, 2.45) is 5.92 Å². The molecule has 0 saturated carbocycles. The second kappa shape index (κ2) is 7.19. The smallest absolute Gasteiger partial charge is 0.0441 e. The number of hydrogen-bond acceptors (Lipinski definition) is 0. The first-order valence-corrected chi connectivity index (χ1v) is 6.94. The van der Waals surface area contributed by atoms with E-state index in [0.29, 0.717) is 11.8 Å². The summed E-state index contributed by atoms with van der Waals surface area (Å²) in [5.41, 5.74) is 1.20. The van der Waals surface area contributed by atoms with E-state index in [1.54, 1.807) is 0 Å². The molecule has 0 bridgehead atoms. The van der Waals surface area contributed by atoms with Gasteiger partial charge in [-0.05, 0) is 29.9 Å². The molecule has 0 aliphatic heterocycles. The van der Waals surface area contributed by atoms with Crippen molar-refractivity contribution >= 4 is 23.2 Å². The number of hydrogen-bond donors (Lipinski definition) is 0. The van der Waals surface area contributed by atoms with Crippen LogP contribution in [0.3, 0.4) is 0 Å². The lowest BCUT2D eigenvalue weighted by atomic mass is 9.87. The summed E-state index contributed by atoms with van der Waals surface area (Å²) in [6.45, 7) is 4.48. The highest BCUT2D eigenvalue weighted by atomic mass is 35.5. The normalized spacial score (nSPS) is 13.1. The minimum atomic E-state index is 0.389. The maximum atomic E-state index is 6.21. The van der Waals surface area contributed by atoms with Crippen molar-refractivity contribution in [2.75, 3.05) is 5.88 Å². The molecule has 1 atom stereocenters. The zero-order valence-corrected chi connectivity index (χ0v) is 11.6. The third kappa shape index (κ3) is 3.68. The molecule has 0 heterocycles. The predicted molar refractivity (Wildman–Crippen MR) is 73.6 cm³/mol. The molecule has 0 N–H and O–H groups in total. The fourth-order valence-corrected chi connectivity index (χ4v) is 2.69. The lowest BCUT2D eigenvalue weighted by Gasteiger charge is -2.21. The molecule has 0 amide bonds. The third-order valence-electron chi connectivity index (χ3n) is 3.30. The Balaban J connectivity index is 2.78. The van der Waals surface area contributed by atoms with Gasteiger partial charge in [0.15, 0.2) is 0 Å². The van der Waals surface area contributed by atoms with Crippen LogP contribution in [0.4, 0.5) is 0 Å². The minimum Gasteiger partial charge on any atom is -0.126 e. The topological polar surface area (TPSA) is 0 Å². The van der Waals surface area contributed by atoms with Crippen LogP contribution in [0, 0.1) is 5.92 Å². The average Bonchev–Trinajstić information content (AvgIpc) is 2.32. The Morgan fingerprint density at radius 3 is 2.25 bits per heavy atom. The molecule has 0 fully saturated rings. The van der Waals surface area contributed by atoms with Crippen LogP contribution in [0.5, 0.6) is 0 Å². The van der Waals surface area contributed by atoms with Crippen LogP contribution in [-0.4, -0.2) is 5.88 Å². The Labute approximate surface area is 109 Å². The summed E-state index contributed by atoms with van der Waals surface area (Å²) in [6, 6.07) is 8.04. The minimum absolute atomic E-state index is 0.389. The van der Waals surface area contributed by atoms with E-state index in [1.807, 2.05) is 18.2 Å². The van der Waals surface area contributed by atoms with Gasteiger partial charge in [0.2, 0.25) is 0 Å². The van der Waals surface area contributed by atoms with Crippen LogP contribution in [0.1, 0.15) is 44.6 Å². The lowest BCUT2D eigenvalue weighted by Crippen LogP contribution is -2.08. The molecule has 0 spiro atoms. The molecule has 0 aromatic heterocycles. The van der Waals surface area contributed by atoms with E-state index in [-0.39, 0.29) is 0 Å². The molecule has 0 aliphatic carbocycles. The molecule has 1 unspecified atom stereocenters. The number of alkyl halides is 1. The first-order valence-electron chi connectivity index (χ1n) is 6.03.